The van der Waals surface area contributed by atoms with Crippen LogP contribution in [-0.4, -0.2) is 35.1 Å². The van der Waals surface area contributed by atoms with Crippen LogP contribution in [0.2, 0.25) is 0 Å². The summed E-state index contributed by atoms with van der Waals surface area (Å²) in [5.74, 6) is -0.125. The Morgan fingerprint density at radius 2 is 2.39 bits per heavy atom. The SMILES string of the molecule is CON(C)C(=O)Cc1csc(-c2cccnc2)n1. The van der Waals surface area contributed by atoms with Crippen molar-refractivity contribution in [2.24, 2.45) is 0 Å². The van der Waals surface area contributed by atoms with Gasteiger partial charge in [0.05, 0.1) is 19.2 Å². The van der Waals surface area contributed by atoms with Gasteiger partial charge >= 0.3 is 0 Å². The predicted octanol–water partition coefficient (Wildman–Crippen LogP) is 1.77. The fourth-order valence-electron chi connectivity index (χ4n) is 1.38. The van der Waals surface area contributed by atoms with E-state index in [1.807, 2.05) is 17.5 Å². The van der Waals surface area contributed by atoms with Crippen LogP contribution in [0.3, 0.4) is 0 Å². The Kier molecular flexibility index (Phi) is 4.01. The molecule has 2 aromatic heterocycles. The lowest BCUT2D eigenvalue weighted by molar-refractivity contribution is -0.167. The van der Waals surface area contributed by atoms with Crippen molar-refractivity contribution in [3.63, 3.8) is 0 Å². The van der Waals surface area contributed by atoms with E-state index in [0.717, 1.165) is 16.3 Å². The lowest BCUT2D eigenvalue weighted by Crippen LogP contribution is -2.27. The van der Waals surface area contributed by atoms with Crippen molar-refractivity contribution in [3.05, 3.63) is 35.6 Å². The highest BCUT2D eigenvalue weighted by molar-refractivity contribution is 7.13. The zero-order valence-corrected chi connectivity index (χ0v) is 11.0. The first-order valence-corrected chi connectivity index (χ1v) is 6.24. The van der Waals surface area contributed by atoms with Crippen molar-refractivity contribution >= 4 is 17.2 Å². The minimum Gasteiger partial charge on any atom is -0.275 e. The van der Waals surface area contributed by atoms with E-state index in [-0.39, 0.29) is 12.3 Å². The fourth-order valence-corrected chi connectivity index (χ4v) is 2.19. The average Bonchev–Trinajstić information content (AvgIpc) is 2.87. The number of rotatable bonds is 4. The third-order valence-corrected chi connectivity index (χ3v) is 3.36. The van der Waals surface area contributed by atoms with Gasteiger partial charge < -0.3 is 0 Å². The Morgan fingerprint density at radius 1 is 1.56 bits per heavy atom. The molecule has 0 atom stereocenters. The maximum Gasteiger partial charge on any atom is 0.251 e. The Labute approximate surface area is 109 Å². The topological polar surface area (TPSA) is 55.3 Å². The van der Waals surface area contributed by atoms with Gasteiger partial charge in [0.1, 0.15) is 5.01 Å². The van der Waals surface area contributed by atoms with Crippen molar-refractivity contribution in [2.45, 2.75) is 6.42 Å². The van der Waals surface area contributed by atoms with Gasteiger partial charge in [0, 0.05) is 30.4 Å². The zero-order valence-electron chi connectivity index (χ0n) is 10.2. The summed E-state index contributed by atoms with van der Waals surface area (Å²) in [6, 6.07) is 3.80. The van der Waals surface area contributed by atoms with Crippen molar-refractivity contribution in [3.8, 4) is 10.6 Å². The number of thiazole rings is 1. The third kappa shape index (κ3) is 2.91. The van der Waals surface area contributed by atoms with Crippen LogP contribution in [0.5, 0.6) is 0 Å². The smallest absolute Gasteiger partial charge is 0.251 e. The largest absolute Gasteiger partial charge is 0.275 e. The Morgan fingerprint density at radius 3 is 3.06 bits per heavy atom. The molecule has 94 valence electrons. The maximum absolute atomic E-state index is 11.6. The quantitative estimate of drug-likeness (QED) is 0.789. The van der Waals surface area contributed by atoms with Gasteiger partial charge in [-0.2, -0.15) is 0 Å². The fraction of sp³-hybridized carbons (Fsp3) is 0.250. The summed E-state index contributed by atoms with van der Waals surface area (Å²) in [7, 11) is 3.04. The highest BCUT2D eigenvalue weighted by atomic mass is 32.1. The second kappa shape index (κ2) is 5.70. The van der Waals surface area contributed by atoms with Crippen molar-refractivity contribution in [1.29, 1.82) is 0 Å². The highest BCUT2D eigenvalue weighted by Gasteiger charge is 2.12. The molecule has 0 unspecified atom stereocenters. The number of carbonyl (C=O) groups is 1. The molecule has 2 rings (SSSR count). The van der Waals surface area contributed by atoms with Gasteiger partial charge in [-0.25, -0.2) is 10.0 Å². The molecule has 18 heavy (non-hydrogen) atoms. The van der Waals surface area contributed by atoms with Crippen LogP contribution in [0.15, 0.2) is 29.9 Å². The van der Waals surface area contributed by atoms with E-state index in [0.29, 0.717) is 0 Å². The van der Waals surface area contributed by atoms with E-state index >= 15 is 0 Å². The summed E-state index contributed by atoms with van der Waals surface area (Å²) in [6.45, 7) is 0. The number of hydroxylamine groups is 2. The molecule has 0 N–H and O–H groups in total. The molecule has 0 saturated carbocycles. The average molecular weight is 263 g/mol. The lowest BCUT2D eigenvalue weighted by atomic mass is 10.3. The summed E-state index contributed by atoms with van der Waals surface area (Å²) in [5, 5.41) is 3.94. The first kappa shape index (κ1) is 12.7. The number of pyridine rings is 1. The predicted molar refractivity (Wildman–Crippen MR) is 68.8 cm³/mol. The molecule has 0 aliphatic heterocycles. The monoisotopic (exact) mass is 263 g/mol. The van der Waals surface area contributed by atoms with E-state index in [4.69, 9.17) is 4.84 Å². The molecule has 2 heterocycles. The number of aromatic nitrogens is 2. The molecule has 0 radical (unpaired) electrons. The van der Waals surface area contributed by atoms with Crippen molar-refractivity contribution < 1.29 is 9.63 Å². The summed E-state index contributed by atoms with van der Waals surface area (Å²) in [4.78, 5) is 24.9. The number of hydrogen-bond acceptors (Lipinski definition) is 5. The molecular weight excluding hydrogens is 250 g/mol. The molecule has 0 fully saturated rings. The molecule has 0 saturated heterocycles. The minimum absolute atomic E-state index is 0.125. The van der Waals surface area contributed by atoms with E-state index in [2.05, 4.69) is 9.97 Å². The Bertz CT molecular complexity index is 527. The van der Waals surface area contributed by atoms with E-state index < -0.39 is 0 Å². The summed E-state index contributed by atoms with van der Waals surface area (Å²) in [5.41, 5.74) is 1.70. The van der Waals surface area contributed by atoms with Crippen molar-refractivity contribution in [1.82, 2.24) is 15.0 Å². The molecular formula is C12H13N3O2S. The van der Waals surface area contributed by atoms with Gasteiger partial charge in [-0.1, -0.05) is 0 Å². The van der Waals surface area contributed by atoms with E-state index in [1.54, 1.807) is 19.4 Å². The number of amides is 1. The second-order valence-corrected chi connectivity index (χ2v) is 4.49. The number of carbonyl (C=O) groups excluding carboxylic acids is 1. The molecule has 5 nitrogen and oxygen atoms in total. The molecule has 0 aliphatic rings. The molecule has 6 heteroatoms. The van der Waals surface area contributed by atoms with Crippen LogP contribution in [0.25, 0.3) is 10.6 Å². The maximum atomic E-state index is 11.6. The van der Waals surface area contributed by atoms with Crippen molar-refractivity contribution in [2.75, 3.05) is 14.2 Å². The van der Waals surface area contributed by atoms with Gasteiger partial charge in [-0.05, 0) is 12.1 Å². The van der Waals surface area contributed by atoms with Gasteiger partial charge in [0.15, 0.2) is 0 Å². The lowest BCUT2D eigenvalue weighted by Gasteiger charge is -2.12. The zero-order chi connectivity index (χ0) is 13.0. The molecule has 0 aromatic carbocycles. The van der Waals surface area contributed by atoms with E-state index in [1.165, 1.54) is 23.5 Å². The minimum atomic E-state index is -0.125. The summed E-state index contributed by atoms with van der Waals surface area (Å²) >= 11 is 1.50. The molecule has 2 aromatic rings. The highest BCUT2D eigenvalue weighted by Crippen LogP contribution is 2.22. The van der Waals surface area contributed by atoms with Gasteiger partial charge in [0.2, 0.25) is 0 Å². The first-order chi connectivity index (χ1) is 8.70. The molecule has 1 amide bonds. The Balaban J connectivity index is 2.10. The van der Waals surface area contributed by atoms with Gasteiger partial charge in [-0.15, -0.1) is 11.3 Å². The van der Waals surface area contributed by atoms with Crippen LogP contribution in [0.1, 0.15) is 5.69 Å². The van der Waals surface area contributed by atoms with Gasteiger partial charge in [0.25, 0.3) is 5.91 Å². The number of likely N-dealkylation sites (N-methyl/N-ethyl adjacent to an activating group) is 1. The Hall–Kier alpha value is -1.79. The number of nitrogens with zero attached hydrogens (tertiary/aromatic N) is 3. The summed E-state index contributed by atoms with van der Waals surface area (Å²) in [6.07, 6.45) is 3.71. The normalized spacial score (nSPS) is 10.3. The van der Waals surface area contributed by atoms with Crippen LogP contribution >= 0.6 is 11.3 Å². The molecule has 0 bridgehead atoms. The first-order valence-electron chi connectivity index (χ1n) is 5.36. The number of hydrogen-bond donors (Lipinski definition) is 0. The standard InChI is InChI=1S/C12H13N3O2S/c1-15(17-2)11(16)6-10-8-18-12(14-10)9-4-3-5-13-7-9/h3-5,7-8H,6H2,1-2H3. The van der Waals surface area contributed by atoms with Crippen LogP contribution < -0.4 is 0 Å². The van der Waals surface area contributed by atoms with Crippen LogP contribution in [0, 0.1) is 0 Å². The molecule has 0 aliphatic carbocycles. The van der Waals surface area contributed by atoms with Crippen LogP contribution in [-0.2, 0) is 16.1 Å². The summed E-state index contributed by atoms with van der Waals surface area (Å²) < 4.78 is 0. The van der Waals surface area contributed by atoms with Crippen LogP contribution in [0.4, 0.5) is 0 Å². The second-order valence-electron chi connectivity index (χ2n) is 3.64. The molecule has 0 spiro atoms. The van der Waals surface area contributed by atoms with E-state index in [9.17, 15) is 4.79 Å². The third-order valence-electron chi connectivity index (χ3n) is 2.42. The van der Waals surface area contributed by atoms with Gasteiger partial charge in [-0.3, -0.25) is 14.6 Å².